The minimum atomic E-state index is -0.526. The highest BCUT2D eigenvalue weighted by Gasteiger charge is 2.13. The first-order valence-electron chi connectivity index (χ1n) is 8.16. The highest BCUT2D eigenvalue weighted by atomic mass is 32.1. The van der Waals surface area contributed by atoms with Crippen molar-refractivity contribution in [3.8, 4) is 11.5 Å². The lowest BCUT2D eigenvalue weighted by Crippen LogP contribution is -2.13. The zero-order valence-electron chi connectivity index (χ0n) is 15.2. The maximum absolute atomic E-state index is 12.4. The van der Waals surface area contributed by atoms with Gasteiger partial charge in [-0.1, -0.05) is 0 Å². The van der Waals surface area contributed by atoms with E-state index in [9.17, 15) is 9.59 Å². The number of rotatable bonds is 7. The number of ether oxygens (including phenoxy) is 2. The number of hydrogen-bond donors (Lipinski definition) is 3. The Hall–Kier alpha value is -3.59. The van der Waals surface area contributed by atoms with Crippen LogP contribution >= 0.6 is 11.3 Å². The summed E-state index contributed by atoms with van der Waals surface area (Å²) < 4.78 is 10.5. The van der Waals surface area contributed by atoms with Crippen LogP contribution in [-0.2, 0) is 0 Å². The first kappa shape index (κ1) is 19.2. The van der Waals surface area contributed by atoms with Crippen molar-refractivity contribution in [1.82, 2.24) is 4.98 Å². The summed E-state index contributed by atoms with van der Waals surface area (Å²) in [5.74, 6) is 0.374. The molecule has 3 aromatic rings. The number of carbonyl (C=O) groups is 2. The molecule has 144 valence electrons. The molecule has 2 aromatic carbocycles. The molecule has 0 radical (unpaired) electrons. The third kappa shape index (κ3) is 4.38. The Kier molecular flexibility index (Phi) is 5.75. The molecule has 1 aromatic heterocycles. The Morgan fingerprint density at radius 2 is 1.82 bits per heavy atom. The van der Waals surface area contributed by atoms with Crippen LogP contribution in [0.15, 0.2) is 47.8 Å². The monoisotopic (exact) mass is 398 g/mol. The van der Waals surface area contributed by atoms with E-state index >= 15 is 0 Å². The van der Waals surface area contributed by atoms with Crippen LogP contribution in [0, 0.1) is 0 Å². The number of anilines is 3. The molecule has 0 atom stereocenters. The van der Waals surface area contributed by atoms with Gasteiger partial charge in [-0.25, -0.2) is 4.98 Å². The third-order valence-corrected chi connectivity index (χ3v) is 4.57. The topological polar surface area (TPSA) is 116 Å². The Balaban J connectivity index is 1.69. The van der Waals surface area contributed by atoms with Crippen molar-refractivity contribution in [3.63, 3.8) is 0 Å². The van der Waals surface area contributed by atoms with Gasteiger partial charge < -0.3 is 25.8 Å². The van der Waals surface area contributed by atoms with Crippen LogP contribution in [0.3, 0.4) is 0 Å². The van der Waals surface area contributed by atoms with Crippen molar-refractivity contribution < 1.29 is 19.1 Å². The summed E-state index contributed by atoms with van der Waals surface area (Å²) in [6.07, 6.45) is 0. The van der Waals surface area contributed by atoms with Crippen LogP contribution < -0.4 is 25.8 Å². The number of primary amides is 1. The molecule has 8 nitrogen and oxygen atoms in total. The molecular formula is C19H18N4O4S. The largest absolute Gasteiger partial charge is 0.497 e. The van der Waals surface area contributed by atoms with Crippen molar-refractivity contribution in [2.45, 2.75) is 0 Å². The standard InChI is InChI=1S/C19H18N4O4S/c1-26-13-7-8-14(16(9-13)27-2)22-19-23-15(10-28-19)18(25)21-12-5-3-11(4-6-12)17(20)24/h3-10H,1-2H3,(H2,20,24)(H,21,25)(H,22,23). The van der Waals surface area contributed by atoms with Gasteiger partial charge >= 0.3 is 0 Å². The number of aromatic nitrogens is 1. The summed E-state index contributed by atoms with van der Waals surface area (Å²) >= 11 is 1.29. The van der Waals surface area contributed by atoms with Crippen LogP contribution in [0.1, 0.15) is 20.8 Å². The summed E-state index contributed by atoms with van der Waals surface area (Å²) in [4.78, 5) is 27.8. The van der Waals surface area contributed by atoms with E-state index in [0.29, 0.717) is 33.6 Å². The van der Waals surface area contributed by atoms with E-state index < -0.39 is 5.91 Å². The van der Waals surface area contributed by atoms with Gasteiger partial charge in [0.25, 0.3) is 5.91 Å². The average molecular weight is 398 g/mol. The second-order valence-corrected chi connectivity index (χ2v) is 6.48. The summed E-state index contributed by atoms with van der Waals surface area (Å²) in [7, 11) is 3.14. The zero-order valence-corrected chi connectivity index (χ0v) is 16.0. The van der Waals surface area contributed by atoms with E-state index in [1.807, 2.05) is 0 Å². The van der Waals surface area contributed by atoms with Gasteiger partial charge in [0.15, 0.2) is 5.13 Å². The summed E-state index contributed by atoms with van der Waals surface area (Å²) in [6, 6.07) is 11.6. The summed E-state index contributed by atoms with van der Waals surface area (Å²) in [5, 5.41) is 8.04. The molecule has 0 spiro atoms. The van der Waals surface area contributed by atoms with Gasteiger partial charge in [0.2, 0.25) is 5.91 Å². The first-order valence-corrected chi connectivity index (χ1v) is 9.04. The van der Waals surface area contributed by atoms with E-state index in [2.05, 4.69) is 15.6 Å². The Morgan fingerprint density at radius 3 is 2.46 bits per heavy atom. The molecule has 0 aliphatic carbocycles. The van der Waals surface area contributed by atoms with Gasteiger partial charge in [-0.2, -0.15) is 0 Å². The van der Waals surface area contributed by atoms with Crippen LogP contribution in [0.2, 0.25) is 0 Å². The molecule has 9 heteroatoms. The summed E-state index contributed by atoms with van der Waals surface area (Å²) in [6.45, 7) is 0. The van der Waals surface area contributed by atoms with Gasteiger partial charge in [-0.05, 0) is 36.4 Å². The normalized spacial score (nSPS) is 10.2. The molecule has 2 amide bonds. The smallest absolute Gasteiger partial charge is 0.275 e. The number of nitrogens with zero attached hydrogens (tertiary/aromatic N) is 1. The molecule has 0 saturated heterocycles. The molecule has 28 heavy (non-hydrogen) atoms. The Morgan fingerprint density at radius 1 is 1.07 bits per heavy atom. The number of benzene rings is 2. The van der Waals surface area contributed by atoms with Crippen LogP contribution in [0.4, 0.5) is 16.5 Å². The number of hydrogen-bond acceptors (Lipinski definition) is 7. The lowest BCUT2D eigenvalue weighted by Gasteiger charge is -2.10. The fourth-order valence-corrected chi connectivity index (χ4v) is 3.07. The molecule has 0 unspecified atom stereocenters. The summed E-state index contributed by atoms with van der Waals surface area (Å²) in [5.41, 5.74) is 7.07. The van der Waals surface area contributed by atoms with Crippen molar-refractivity contribution in [2.24, 2.45) is 5.73 Å². The maximum atomic E-state index is 12.4. The minimum absolute atomic E-state index is 0.263. The molecule has 1 heterocycles. The average Bonchev–Trinajstić information content (AvgIpc) is 3.17. The third-order valence-electron chi connectivity index (χ3n) is 3.81. The molecule has 0 saturated carbocycles. The molecule has 3 rings (SSSR count). The Bertz CT molecular complexity index is 1000. The van der Waals surface area contributed by atoms with Crippen molar-refractivity contribution >= 4 is 39.7 Å². The molecule has 0 bridgehead atoms. The van der Waals surface area contributed by atoms with Crippen molar-refractivity contribution in [2.75, 3.05) is 24.9 Å². The molecule has 0 aliphatic rings. The zero-order chi connectivity index (χ0) is 20.1. The Labute approximate surface area is 165 Å². The van der Waals surface area contributed by atoms with Crippen LogP contribution in [-0.4, -0.2) is 31.0 Å². The van der Waals surface area contributed by atoms with Crippen molar-refractivity contribution in [1.29, 1.82) is 0 Å². The highest BCUT2D eigenvalue weighted by Crippen LogP contribution is 2.32. The number of carbonyl (C=O) groups excluding carboxylic acids is 2. The van der Waals surface area contributed by atoms with E-state index in [0.717, 1.165) is 0 Å². The molecule has 0 fully saturated rings. The predicted octanol–water partition coefficient (Wildman–Crippen LogP) is 3.26. The number of amides is 2. The minimum Gasteiger partial charge on any atom is -0.497 e. The fraction of sp³-hybridized carbons (Fsp3) is 0.105. The van der Waals surface area contributed by atoms with Crippen LogP contribution in [0.5, 0.6) is 11.5 Å². The van der Waals surface area contributed by atoms with E-state index in [1.165, 1.54) is 11.3 Å². The van der Waals surface area contributed by atoms with E-state index in [1.54, 1.807) is 62.1 Å². The number of nitrogens with one attached hydrogen (secondary N) is 2. The van der Waals surface area contributed by atoms with Gasteiger partial charge in [0.1, 0.15) is 17.2 Å². The van der Waals surface area contributed by atoms with E-state index in [4.69, 9.17) is 15.2 Å². The highest BCUT2D eigenvalue weighted by molar-refractivity contribution is 7.14. The number of thiazole rings is 1. The first-order chi connectivity index (χ1) is 13.5. The second-order valence-electron chi connectivity index (χ2n) is 5.62. The lowest BCUT2D eigenvalue weighted by atomic mass is 10.2. The SMILES string of the molecule is COc1ccc(Nc2nc(C(=O)Nc3ccc(C(N)=O)cc3)cs2)c(OC)c1. The van der Waals surface area contributed by atoms with Gasteiger partial charge in [-0.15, -0.1) is 11.3 Å². The maximum Gasteiger partial charge on any atom is 0.275 e. The van der Waals surface area contributed by atoms with Gasteiger partial charge in [0, 0.05) is 22.7 Å². The van der Waals surface area contributed by atoms with Gasteiger partial charge in [-0.3, -0.25) is 9.59 Å². The second kappa shape index (κ2) is 8.40. The molecule has 4 N–H and O–H groups in total. The molecule has 0 aliphatic heterocycles. The molecular weight excluding hydrogens is 380 g/mol. The predicted molar refractivity (Wildman–Crippen MR) is 108 cm³/mol. The quantitative estimate of drug-likeness (QED) is 0.563. The fourth-order valence-electron chi connectivity index (χ4n) is 2.37. The number of nitrogens with two attached hydrogens (primary N) is 1. The number of methoxy groups -OCH3 is 2. The van der Waals surface area contributed by atoms with Crippen molar-refractivity contribution in [3.05, 3.63) is 59.1 Å². The van der Waals surface area contributed by atoms with Gasteiger partial charge in [0.05, 0.1) is 19.9 Å². The van der Waals surface area contributed by atoms with E-state index in [-0.39, 0.29) is 11.6 Å². The lowest BCUT2D eigenvalue weighted by molar-refractivity contribution is 0.0998. The van der Waals surface area contributed by atoms with Crippen LogP contribution in [0.25, 0.3) is 0 Å².